The fraction of sp³-hybridized carbons (Fsp3) is 0.750. The van der Waals surface area contributed by atoms with Crippen LogP contribution in [0.25, 0.3) is 0 Å². The summed E-state index contributed by atoms with van der Waals surface area (Å²) >= 11 is 0. The number of hydrogen-bond donors (Lipinski definition) is 1. The lowest BCUT2D eigenvalue weighted by molar-refractivity contribution is 0.0388. The SMILES string of the molecule is CCOC(CC)C(N)c1c(OC)cnn1CC. The molecule has 0 spiro atoms. The molecule has 0 fully saturated rings. The van der Waals surface area contributed by atoms with Crippen LogP contribution >= 0.6 is 0 Å². The van der Waals surface area contributed by atoms with E-state index in [-0.39, 0.29) is 12.1 Å². The molecule has 1 aromatic rings. The molecule has 5 nitrogen and oxygen atoms in total. The number of aromatic nitrogens is 2. The van der Waals surface area contributed by atoms with Crippen LogP contribution in [0.5, 0.6) is 5.75 Å². The molecule has 0 amide bonds. The van der Waals surface area contributed by atoms with E-state index in [1.54, 1.807) is 13.3 Å². The normalized spacial score (nSPS) is 14.6. The maximum Gasteiger partial charge on any atom is 0.161 e. The summed E-state index contributed by atoms with van der Waals surface area (Å²) in [4.78, 5) is 0. The second kappa shape index (κ2) is 6.61. The van der Waals surface area contributed by atoms with Crippen LogP contribution < -0.4 is 10.5 Å². The molecule has 0 bridgehead atoms. The van der Waals surface area contributed by atoms with Crippen molar-refractivity contribution < 1.29 is 9.47 Å². The number of nitrogens with two attached hydrogens (primary N) is 1. The predicted molar refractivity (Wildman–Crippen MR) is 67.1 cm³/mol. The van der Waals surface area contributed by atoms with Gasteiger partial charge in [0.05, 0.1) is 31.1 Å². The molecule has 17 heavy (non-hydrogen) atoms. The van der Waals surface area contributed by atoms with Crippen LogP contribution in [0, 0.1) is 0 Å². The second-order valence-electron chi connectivity index (χ2n) is 3.84. The Balaban J connectivity index is 2.99. The third kappa shape index (κ3) is 2.98. The summed E-state index contributed by atoms with van der Waals surface area (Å²) in [5, 5.41) is 4.26. The van der Waals surface area contributed by atoms with E-state index in [0.717, 1.165) is 24.4 Å². The van der Waals surface area contributed by atoms with E-state index in [1.165, 1.54) is 0 Å². The number of ether oxygens (including phenoxy) is 2. The molecule has 0 saturated carbocycles. The zero-order chi connectivity index (χ0) is 12.8. The van der Waals surface area contributed by atoms with Crippen LogP contribution in [0.1, 0.15) is 38.9 Å². The first-order valence-electron chi connectivity index (χ1n) is 6.16. The van der Waals surface area contributed by atoms with Crippen molar-refractivity contribution in [2.75, 3.05) is 13.7 Å². The lowest BCUT2D eigenvalue weighted by Crippen LogP contribution is -2.31. The van der Waals surface area contributed by atoms with Gasteiger partial charge in [-0.15, -0.1) is 0 Å². The Bertz CT molecular complexity index is 317. The van der Waals surface area contributed by atoms with Gasteiger partial charge in [-0.2, -0.15) is 5.10 Å². The van der Waals surface area contributed by atoms with Crippen molar-refractivity contribution in [2.24, 2.45) is 5.73 Å². The van der Waals surface area contributed by atoms with E-state index in [1.807, 2.05) is 18.5 Å². The highest BCUT2D eigenvalue weighted by Gasteiger charge is 2.25. The van der Waals surface area contributed by atoms with Crippen molar-refractivity contribution in [3.63, 3.8) is 0 Å². The lowest BCUT2D eigenvalue weighted by atomic mass is 10.1. The molecule has 5 heteroatoms. The minimum absolute atomic E-state index is 0.00380. The van der Waals surface area contributed by atoms with Crippen molar-refractivity contribution in [3.8, 4) is 5.75 Å². The Labute approximate surface area is 103 Å². The first-order valence-corrected chi connectivity index (χ1v) is 6.16. The minimum atomic E-state index is -0.211. The van der Waals surface area contributed by atoms with Crippen LogP contribution in [0.15, 0.2) is 6.20 Å². The molecule has 0 aliphatic carbocycles. The van der Waals surface area contributed by atoms with Crippen molar-refractivity contribution in [2.45, 2.75) is 45.9 Å². The molecule has 0 aromatic carbocycles. The Morgan fingerprint density at radius 3 is 2.59 bits per heavy atom. The van der Waals surface area contributed by atoms with Crippen molar-refractivity contribution >= 4 is 0 Å². The van der Waals surface area contributed by atoms with Gasteiger partial charge in [0.15, 0.2) is 5.75 Å². The van der Waals surface area contributed by atoms with Gasteiger partial charge < -0.3 is 15.2 Å². The first kappa shape index (κ1) is 14.0. The molecule has 1 aromatic heterocycles. The standard InChI is InChI=1S/C12H23N3O2/c1-5-9(17-7-3)11(13)12-10(16-4)8-14-15(12)6-2/h8-9,11H,5-7,13H2,1-4H3. The van der Waals surface area contributed by atoms with E-state index in [0.29, 0.717) is 6.61 Å². The molecule has 98 valence electrons. The summed E-state index contributed by atoms with van der Waals surface area (Å²) < 4.78 is 12.8. The van der Waals surface area contributed by atoms with Gasteiger partial charge in [-0.3, -0.25) is 4.68 Å². The molecule has 1 rings (SSSR count). The minimum Gasteiger partial charge on any atom is -0.493 e. The summed E-state index contributed by atoms with van der Waals surface area (Å²) in [6, 6.07) is -0.211. The Morgan fingerprint density at radius 1 is 1.41 bits per heavy atom. The maximum absolute atomic E-state index is 6.27. The van der Waals surface area contributed by atoms with Crippen molar-refractivity contribution in [1.82, 2.24) is 9.78 Å². The largest absolute Gasteiger partial charge is 0.493 e. The Morgan fingerprint density at radius 2 is 2.12 bits per heavy atom. The number of rotatable bonds is 7. The highest BCUT2D eigenvalue weighted by Crippen LogP contribution is 2.27. The smallest absolute Gasteiger partial charge is 0.161 e. The van der Waals surface area contributed by atoms with Gasteiger partial charge in [0.25, 0.3) is 0 Å². The van der Waals surface area contributed by atoms with Crippen molar-refractivity contribution in [1.29, 1.82) is 0 Å². The molecule has 0 aliphatic rings. The summed E-state index contributed by atoms with van der Waals surface area (Å²) in [5.74, 6) is 0.734. The molecule has 2 atom stereocenters. The topological polar surface area (TPSA) is 62.3 Å². The fourth-order valence-corrected chi connectivity index (χ4v) is 1.99. The van der Waals surface area contributed by atoms with Gasteiger partial charge in [-0.25, -0.2) is 0 Å². The third-order valence-corrected chi connectivity index (χ3v) is 2.86. The Hall–Kier alpha value is -1.07. The van der Waals surface area contributed by atoms with E-state index >= 15 is 0 Å². The highest BCUT2D eigenvalue weighted by molar-refractivity contribution is 5.28. The van der Waals surface area contributed by atoms with Gasteiger partial charge in [-0.05, 0) is 20.3 Å². The molecule has 1 heterocycles. The van der Waals surface area contributed by atoms with Gasteiger partial charge in [0, 0.05) is 13.2 Å². The highest BCUT2D eigenvalue weighted by atomic mass is 16.5. The van der Waals surface area contributed by atoms with Gasteiger partial charge in [-0.1, -0.05) is 6.92 Å². The van der Waals surface area contributed by atoms with Gasteiger partial charge >= 0.3 is 0 Å². The molecular formula is C12H23N3O2. The van der Waals surface area contributed by atoms with Crippen LogP contribution in [0.2, 0.25) is 0 Å². The summed E-state index contributed by atoms with van der Waals surface area (Å²) in [6.45, 7) is 7.51. The number of aryl methyl sites for hydroxylation is 1. The van der Waals surface area contributed by atoms with E-state index in [2.05, 4.69) is 12.0 Å². The van der Waals surface area contributed by atoms with E-state index < -0.39 is 0 Å². The maximum atomic E-state index is 6.27. The van der Waals surface area contributed by atoms with Gasteiger partial charge in [0.1, 0.15) is 0 Å². The molecular weight excluding hydrogens is 218 g/mol. The van der Waals surface area contributed by atoms with E-state index in [4.69, 9.17) is 15.2 Å². The van der Waals surface area contributed by atoms with Crippen LogP contribution in [-0.4, -0.2) is 29.6 Å². The first-order chi connectivity index (χ1) is 8.19. The molecule has 2 N–H and O–H groups in total. The quantitative estimate of drug-likeness (QED) is 0.789. The molecule has 0 radical (unpaired) electrons. The number of methoxy groups -OCH3 is 1. The third-order valence-electron chi connectivity index (χ3n) is 2.86. The Kier molecular flexibility index (Phi) is 5.44. The summed E-state index contributed by atoms with van der Waals surface area (Å²) in [7, 11) is 1.63. The predicted octanol–water partition coefficient (Wildman–Crippen LogP) is 1.73. The average molecular weight is 241 g/mol. The zero-order valence-corrected chi connectivity index (χ0v) is 11.1. The molecule has 0 aliphatic heterocycles. The average Bonchev–Trinajstić information content (AvgIpc) is 2.77. The second-order valence-corrected chi connectivity index (χ2v) is 3.84. The number of hydrogen-bond acceptors (Lipinski definition) is 4. The number of nitrogens with zero attached hydrogens (tertiary/aromatic N) is 2. The lowest BCUT2D eigenvalue weighted by Gasteiger charge is -2.23. The monoisotopic (exact) mass is 241 g/mol. The fourth-order valence-electron chi connectivity index (χ4n) is 1.99. The van der Waals surface area contributed by atoms with Crippen LogP contribution in [0.3, 0.4) is 0 Å². The summed E-state index contributed by atoms with van der Waals surface area (Å²) in [6.07, 6.45) is 2.57. The van der Waals surface area contributed by atoms with Gasteiger partial charge in [0.2, 0.25) is 0 Å². The van der Waals surface area contributed by atoms with Crippen LogP contribution in [0.4, 0.5) is 0 Å². The zero-order valence-electron chi connectivity index (χ0n) is 11.1. The molecule has 2 unspecified atom stereocenters. The van der Waals surface area contributed by atoms with Crippen LogP contribution in [-0.2, 0) is 11.3 Å². The summed E-state index contributed by atoms with van der Waals surface area (Å²) in [5.41, 5.74) is 7.18. The van der Waals surface area contributed by atoms with Crippen molar-refractivity contribution in [3.05, 3.63) is 11.9 Å². The van der Waals surface area contributed by atoms with E-state index in [9.17, 15) is 0 Å². The molecule has 0 saturated heterocycles.